The molecule has 1 heterocycles. The lowest BCUT2D eigenvalue weighted by Gasteiger charge is -2.35. The second kappa shape index (κ2) is 7.79. The molecule has 0 bridgehead atoms. The number of halogens is 3. The Hall–Kier alpha value is -2.20. The van der Waals surface area contributed by atoms with Crippen molar-refractivity contribution in [3.05, 3.63) is 39.4 Å². The predicted molar refractivity (Wildman–Crippen MR) is 84.5 cm³/mol. The van der Waals surface area contributed by atoms with Gasteiger partial charge in [-0.3, -0.25) is 19.8 Å². The van der Waals surface area contributed by atoms with Crippen LogP contribution in [0.3, 0.4) is 0 Å². The molecule has 0 aliphatic carbocycles. The largest absolute Gasteiger partial charge is 0.405 e. The second-order valence-corrected chi connectivity index (χ2v) is 5.83. The van der Waals surface area contributed by atoms with Gasteiger partial charge in [0.05, 0.1) is 4.92 Å². The molecule has 10 heteroatoms. The average Bonchev–Trinajstić information content (AvgIpc) is 2.54. The van der Waals surface area contributed by atoms with Crippen LogP contribution in [0, 0.1) is 17.0 Å². The number of hydrogen-bond donors (Lipinski definition) is 2. The van der Waals surface area contributed by atoms with Crippen LogP contribution in [0.1, 0.15) is 15.9 Å². The summed E-state index contributed by atoms with van der Waals surface area (Å²) in [4.78, 5) is 23.8. The molecule has 25 heavy (non-hydrogen) atoms. The maximum atomic E-state index is 13.3. The summed E-state index contributed by atoms with van der Waals surface area (Å²) in [5, 5.41) is 16.2. The zero-order valence-electron chi connectivity index (χ0n) is 13.6. The summed E-state index contributed by atoms with van der Waals surface area (Å²) in [7, 11) is 0. The van der Waals surface area contributed by atoms with E-state index in [-0.39, 0.29) is 18.7 Å². The molecule has 2 rings (SSSR count). The first-order chi connectivity index (χ1) is 11.7. The van der Waals surface area contributed by atoms with Crippen molar-refractivity contribution in [3.8, 4) is 0 Å². The van der Waals surface area contributed by atoms with E-state index in [9.17, 15) is 28.1 Å². The highest BCUT2D eigenvalue weighted by molar-refractivity contribution is 5.98. The molecule has 0 aromatic heterocycles. The minimum atomic E-state index is -4.51. The zero-order valence-corrected chi connectivity index (χ0v) is 13.6. The molecule has 1 saturated heterocycles. The van der Waals surface area contributed by atoms with Gasteiger partial charge in [0.2, 0.25) is 0 Å². The van der Waals surface area contributed by atoms with E-state index in [1.165, 1.54) is 23.1 Å². The fourth-order valence-corrected chi connectivity index (χ4v) is 2.72. The number of nitro groups is 1. The van der Waals surface area contributed by atoms with E-state index < -0.39 is 35.3 Å². The van der Waals surface area contributed by atoms with Gasteiger partial charge in [-0.1, -0.05) is 6.07 Å². The lowest BCUT2D eigenvalue weighted by atomic mass is 10.1. The number of aryl methyl sites for hydroxylation is 1. The summed E-state index contributed by atoms with van der Waals surface area (Å²) in [6, 6.07) is 2.10. The lowest BCUT2D eigenvalue weighted by molar-refractivity contribution is -0.385. The van der Waals surface area contributed by atoms with Gasteiger partial charge in [-0.05, 0) is 18.6 Å². The third-order valence-corrected chi connectivity index (χ3v) is 4.02. The number of carbonyl (C=O) groups excluding carboxylic acids is 1. The summed E-state index contributed by atoms with van der Waals surface area (Å²) in [6.45, 7) is 2.27. The number of alkyl halides is 3. The van der Waals surface area contributed by atoms with Gasteiger partial charge in [0, 0.05) is 38.8 Å². The van der Waals surface area contributed by atoms with E-state index in [4.69, 9.17) is 0 Å². The van der Waals surface area contributed by atoms with Gasteiger partial charge in [-0.25, -0.2) is 0 Å². The number of nitrogens with zero attached hydrogens (tertiary/aromatic N) is 2. The fraction of sp³-hybridized carbons (Fsp3) is 0.533. The van der Waals surface area contributed by atoms with E-state index in [1.54, 1.807) is 6.92 Å². The van der Waals surface area contributed by atoms with Crippen molar-refractivity contribution in [2.75, 3.05) is 32.7 Å². The molecular weight excluding hydrogens is 341 g/mol. The van der Waals surface area contributed by atoms with Crippen LogP contribution in [0.5, 0.6) is 0 Å². The van der Waals surface area contributed by atoms with E-state index in [0.29, 0.717) is 18.7 Å². The number of amides is 1. The molecule has 0 spiro atoms. The number of carbonyl (C=O) groups is 1. The quantitative estimate of drug-likeness (QED) is 0.613. The van der Waals surface area contributed by atoms with Gasteiger partial charge < -0.3 is 10.6 Å². The van der Waals surface area contributed by atoms with Crippen LogP contribution < -0.4 is 10.6 Å². The minimum absolute atomic E-state index is 0.213. The Balaban J connectivity index is 2.13. The van der Waals surface area contributed by atoms with Crippen LogP contribution in [-0.4, -0.2) is 60.7 Å². The van der Waals surface area contributed by atoms with E-state index in [0.717, 1.165) is 0 Å². The topological polar surface area (TPSA) is 87.5 Å². The Morgan fingerprint density at radius 3 is 2.60 bits per heavy atom. The highest BCUT2D eigenvalue weighted by Gasteiger charge is 2.44. The maximum absolute atomic E-state index is 13.3. The smallest absolute Gasteiger partial charge is 0.350 e. The standard InChI is InChI=1S/C15H19F3N4O3/c1-10-2-3-12(22(24)25)11(8-10)14(23)20-9-13(15(16,17)18)21-6-4-19-5-7-21/h2-3,8,13,19H,4-7,9H2,1H3,(H,20,23). The van der Waals surface area contributed by atoms with E-state index in [1.807, 2.05) is 0 Å². The van der Waals surface area contributed by atoms with Gasteiger partial charge in [-0.2, -0.15) is 13.2 Å². The molecule has 1 aromatic carbocycles. The minimum Gasteiger partial charge on any atom is -0.350 e. The fourth-order valence-electron chi connectivity index (χ4n) is 2.72. The van der Waals surface area contributed by atoms with Crippen LogP contribution in [0.25, 0.3) is 0 Å². The van der Waals surface area contributed by atoms with Crippen LogP contribution >= 0.6 is 0 Å². The van der Waals surface area contributed by atoms with Gasteiger partial charge in [-0.15, -0.1) is 0 Å². The van der Waals surface area contributed by atoms with E-state index in [2.05, 4.69) is 10.6 Å². The van der Waals surface area contributed by atoms with Crippen LogP contribution in [0.15, 0.2) is 18.2 Å². The highest BCUT2D eigenvalue weighted by atomic mass is 19.4. The average molecular weight is 360 g/mol. The van der Waals surface area contributed by atoms with Crippen molar-refractivity contribution in [1.29, 1.82) is 0 Å². The third-order valence-electron chi connectivity index (χ3n) is 4.02. The Bertz CT molecular complexity index is 645. The lowest BCUT2D eigenvalue weighted by Crippen LogP contribution is -2.57. The monoisotopic (exact) mass is 360 g/mol. The van der Waals surface area contributed by atoms with E-state index >= 15 is 0 Å². The maximum Gasteiger partial charge on any atom is 0.405 e. The molecule has 7 nitrogen and oxygen atoms in total. The molecular formula is C15H19F3N4O3. The summed E-state index contributed by atoms with van der Waals surface area (Å²) >= 11 is 0. The van der Waals surface area contributed by atoms with Crippen molar-refractivity contribution in [3.63, 3.8) is 0 Å². The highest BCUT2D eigenvalue weighted by Crippen LogP contribution is 2.25. The number of rotatable bonds is 5. The molecule has 1 fully saturated rings. The molecule has 138 valence electrons. The zero-order chi connectivity index (χ0) is 18.6. The first kappa shape index (κ1) is 19.1. The van der Waals surface area contributed by atoms with Crippen molar-refractivity contribution < 1.29 is 22.9 Å². The molecule has 1 aliphatic heterocycles. The third kappa shape index (κ3) is 4.89. The van der Waals surface area contributed by atoms with Crippen molar-refractivity contribution in [2.24, 2.45) is 0 Å². The molecule has 1 amide bonds. The second-order valence-electron chi connectivity index (χ2n) is 5.83. The number of nitro benzene ring substituents is 1. The van der Waals surface area contributed by atoms with Crippen LogP contribution in [-0.2, 0) is 0 Å². The van der Waals surface area contributed by atoms with Gasteiger partial charge in [0.15, 0.2) is 0 Å². The SMILES string of the molecule is Cc1ccc([N+](=O)[O-])c(C(=O)NCC(N2CCNCC2)C(F)(F)F)c1. The van der Waals surface area contributed by atoms with Crippen molar-refractivity contribution in [2.45, 2.75) is 19.1 Å². The molecule has 0 radical (unpaired) electrons. The summed E-state index contributed by atoms with van der Waals surface area (Å²) in [5.74, 6) is -0.889. The molecule has 2 N–H and O–H groups in total. The number of benzene rings is 1. The first-order valence-corrected chi connectivity index (χ1v) is 7.75. The van der Waals surface area contributed by atoms with Gasteiger partial charge >= 0.3 is 6.18 Å². The number of nitrogens with one attached hydrogen (secondary N) is 2. The van der Waals surface area contributed by atoms with Gasteiger partial charge in [0.25, 0.3) is 11.6 Å². The predicted octanol–water partition coefficient (Wildman–Crippen LogP) is 1.47. The Kier molecular flexibility index (Phi) is 5.96. The Morgan fingerprint density at radius 2 is 2.04 bits per heavy atom. The number of hydrogen-bond acceptors (Lipinski definition) is 5. The summed E-state index contributed by atoms with van der Waals surface area (Å²) in [6.07, 6.45) is -4.51. The molecule has 1 unspecified atom stereocenters. The normalized spacial score (nSPS) is 17.1. The Morgan fingerprint density at radius 1 is 1.40 bits per heavy atom. The first-order valence-electron chi connectivity index (χ1n) is 7.75. The molecule has 1 aliphatic rings. The van der Waals surface area contributed by atoms with Crippen LogP contribution in [0.4, 0.5) is 18.9 Å². The molecule has 0 saturated carbocycles. The summed E-state index contributed by atoms with van der Waals surface area (Å²) < 4.78 is 39.9. The Labute approximate surface area is 142 Å². The van der Waals surface area contributed by atoms with Crippen LogP contribution in [0.2, 0.25) is 0 Å². The molecule has 1 aromatic rings. The summed E-state index contributed by atoms with van der Waals surface area (Å²) in [5.41, 5.74) is -0.0784. The molecule has 1 atom stereocenters. The van der Waals surface area contributed by atoms with Gasteiger partial charge in [0.1, 0.15) is 11.6 Å². The number of piperazine rings is 1. The van der Waals surface area contributed by atoms with Crippen molar-refractivity contribution in [1.82, 2.24) is 15.5 Å². The van der Waals surface area contributed by atoms with Crippen molar-refractivity contribution >= 4 is 11.6 Å².